The zero-order chi connectivity index (χ0) is 18.5. The van der Waals surface area contributed by atoms with Crippen LogP contribution < -0.4 is 5.32 Å². The number of aromatic nitrogens is 1. The Hall–Kier alpha value is -2.52. The van der Waals surface area contributed by atoms with Crippen LogP contribution in [0.4, 0.5) is 15.2 Å². The summed E-state index contributed by atoms with van der Waals surface area (Å²) in [4.78, 5) is 34.7. The molecule has 0 radical (unpaired) electrons. The minimum absolute atomic E-state index is 0.0810. The first kappa shape index (κ1) is 18.3. The number of para-hydroxylation sites is 1. The summed E-state index contributed by atoms with van der Waals surface area (Å²) in [5, 5.41) is 4.67. The summed E-state index contributed by atoms with van der Waals surface area (Å²) in [5.74, 6) is -1.19. The van der Waals surface area contributed by atoms with E-state index in [4.69, 9.17) is 0 Å². The second kappa shape index (κ2) is 8.24. The Kier molecular flexibility index (Phi) is 5.79. The molecule has 0 unspecified atom stereocenters. The number of amidine groups is 1. The van der Waals surface area contributed by atoms with Crippen molar-refractivity contribution >= 4 is 50.9 Å². The molecule has 1 atom stereocenters. The van der Waals surface area contributed by atoms with E-state index in [-0.39, 0.29) is 18.0 Å². The van der Waals surface area contributed by atoms with Crippen LogP contribution in [0.1, 0.15) is 6.42 Å². The second-order valence-electron chi connectivity index (χ2n) is 5.29. The number of amides is 2. The van der Waals surface area contributed by atoms with Gasteiger partial charge in [-0.05, 0) is 12.1 Å². The van der Waals surface area contributed by atoms with Crippen LogP contribution in [0.2, 0.25) is 0 Å². The SMILES string of the molecule is C=CCN1C(=O)[C@H](CC(=O)Nc2ccccc2F)SC1=Nc1nccs1. The molecule has 2 aromatic rings. The minimum atomic E-state index is -0.625. The molecule has 0 bridgehead atoms. The van der Waals surface area contributed by atoms with E-state index in [1.54, 1.807) is 23.7 Å². The minimum Gasteiger partial charge on any atom is -0.324 e. The van der Waals surface area contributed by atoms with Crippen LogP contribution in [0.3, 0.4) is 0 Å². The van der Waals surface area contributed by atoms with Crippen LogP contribution in [0.25, 0.3) is 0 Å². The number of thioether (sulfide) groups is 1. The fourth-order valence-electron chi connectivity index (χ4n) is 2.31. The van der Waals surface area contributed by atoms with Gasteiger partial charge in [-0.2, -0.15) is 4.99 Å². The van der Waals surface area contributed by atoms with Crippen LogP contribution in [0.5, 0.6) is 0 Å². The van der Waals surface area contributed by atoms with E-state index in [0.717, 1.165) is 0 Å². The van der Waals surface area contributed by atoms with Crippen molar-refractivity contribution < 1.29 is 14.0 Å². The monoisotopic (exact) mass is 390 g/mol. The topological polar surface area (TPSA) is 74.7 Å². The molecule has 1 saturated heterocycles. The first-order valence-corrected chi connectivity index (χ1v) is 9.46. The lowest BCUT2D eigenvalue weighted by Crippen LogP contribution is -2.33. The fraction of sp³-hybridized carbons (Fsp3) is 0.176. The molecule has 0 saturated carbocycles. The number of hydrogen-bond donors (Lipinski definition) is 1. The van der Waals surface area contributed by atoms with Crippen molar-refractivity contribution in [3.8, 4) is 0 Å². The van der Waals surface area contributed by atoms with E-state index in [1.807, 2.05) is 0 Å². The zero-order valence-electron chi connectivity index (χ0n) is 13.6. The van der Waals surface area contributed by atoms with Crippen molar-refractivity contribution in [1.82, 2.24) is 9.88 Å². The number of carbonyl (C=O) groups excluding carboxylic acids is 2. The molecule has 1 fully saturated rings. The number of aliphatic imine (C=N–C) groups is 1. The molecule has 134 valence electrons. The van der Waals surface area contributed by atoms with Gasteiger partial charge in [0.2, 0.25) is 16.9 Å². The van der Waals surface area contributed by atoms with Crippen LogP contribution >= 0.6 is 23.1 Å². The molecule has 1 N–H and O–H groups in total. The Morgan fingerprint density at radius 1 is 1.46 bits per heavy atom. The Labute approximate surface area is 157 Å². The lowest BCUT2D eigenvalue weighted by Gasteiger charge is -2.13. The number of carbonyl (C=O) groups is 2. The summed E-state index contributed by atoms with van der Waals surface area (Å²) in [7, 11) is 0. The average Bonchev–Trinajstić information content (AvgIpc) is 3.22. The van der Waals surface area contributed by atoms with Gasteiger partial charge in [0, 0.05) is 24.5 Å². The van der Waals surface area contributed by atoms with Crippen molar-refractivity contribution in [3.05, 3.63) is 54.3 Å². The fourth-order valence-corrected chi connectivity index (χ4v) is 4.02. The van der Waals surface area contributed by atoms with E-state index >= 15 is 0 Å². The lowest BCUT2D eigenvalue weighted by molar-refractivity contribution is -0.127. The summed E-state index contributed by atoms with van der Waals surface area (Å²) < 4.78 is 13.6. The maximum Gasteiger partial charge on any atom is 0.242 e. The van der Waals surface area contributed by atoms with Gasteiger partial charge < -0.3 is 5.32 Å². The molecule has 3 rings (SSSR count). The van der Waals surface area contributed by atoms with E-state index in [1.165, 1.54) is 46.2 Å². The van der Waals surface area contributed by atoms with Crippen LogP contribution in [0, 0.1) is 5.82 Å². The normalized spacial score (nSPS) is 18.3. The van der Waals surface area contributed by atoms with Gasteiger partial charge in [-0.1, -0.05) is 30.0 Å². The summed E-state index contributed by atoms with van der Waals surface area (Å²) in [6.45, 7) is 3.94. The molecule has 2 amide bonds. The zero-order valence-corrected chi connectivity index (χ0v) is 15.2. The number of rotatable bonds is 6. The Balaban J connectivity index is 1.72. The molecule has 1 aliphatic rings. The molecule has 1 aliphatic heterocycles. The third kappa shape index (κ3) is 4.17. The maximum atomic E-state index is 13.6. The van der Waals surface area contributed by atoms with Gasteiger partial charge in [-0.15, -0.1) is 17.9 Å². The Bertz CT molecular complexity index is 854. The van der Waals surface area contributed by atoms with E-state index in [0.29, 0.717) is 16.8 Å². The van der Waals surface area contributed by atoms with Crippen LogP contribution in [0.15, 0.2) is 53.5 Å². The summed E-state index contributed by atoms with van der Waals surface area (Å²) >= 11 is 2.55. The number of thiazole rings is 1. The third-order valence-corrected chi connectivity index (χ3v) is 5.30. The highest BCUT2D eigenvalue weighted by atomic mass is 32.2. The van der Waals surface area contributed by atoms with E-state index in [2.05, 4.69) is 21.9 Å². The van der Waals surface area contributed by atoms with Crippen molar-refractivity contribution in [2.75, 3.05) is 11.9 Å². The summed E-state index contributed by atoms with van der Waals surface area (Å²) in [5.41, 5.74) is 0.0903. The van der Waals surface area contributed by atoms with Gasteiger partial charge >= 0.3 is 0 Å². The molecular weight excluding hydrogens is 375 g/mol. The van der Waals surface area contributed by atoms with Gasteiger partial charge in [-0.3, -0.25) is 14.5 Å². The van der Waals surface area contributed by atoms with Gasteiger partial charge in [0.1, 0.15) is 11.1 Å². The molecule has 9 heteroatoms. The number of nitrogens with zero attached hydrogens (tertiary/aromatic N) is 3. The molecule has 26 heavy (non-hydrogen) atoms. The average molecular weight is 390 g/mol. The molecule has 6 nitrogen and oxygen atoms in total. The maximum absolute atomic E-state index is 13.6. The number of anilines is 1. The van der Waals surface area contributed by atoms with Crippen LogP contribution in [-0.2, 0) is 9.59 Å². The first-order valence-electron chi connectivity index (χ1n) is 7.70. The predicted octanol–water partition coefficient (Wildman–Crippen LogP) is 3.43. The molecule has 1 aromatic carbocycles. The number of benzene rings is 1. The Morgan fingerprint density at radius 3 is 2.96 bits per heavy atom. The summed E-state index contributed by atoms with van der Waals surface area (Å²) in [6.07, 6.45) is 3.14. The molecular formula is C17H15FN4O2S2. The van der Waals surface area contributed by atoms with Crippen LogP contribution in [-0.4, -0.2) is 38.7 Å². The van der Waals surface area contributed by atoms with Crippen molar-refractivity contribution in [2.45, 2.75) is 11.7 Å². The lowest BCUT2D eigenvalue weighted by atomic mass is 10.2. The smallest absolute Gasteiger partial charge is 0.242 e. The number of hydrogen-bond acceptors (Lipinski definition) is 6. The largest absolute Gasteiger partial charge is 0.324 e. The highest BCUT2D eigenvalue weighted by molar-refractivity contribution is 8.15. The van der Waals surface area contributed by atoms with Crippen molar-refractivity contribution in [2.24, 2.45) is 4.99 Å². The number of halogens is 1. The summed E-state index contributed by atoms with van der Waals surface area (Å²) in [6, 6.07) is 5.89. The third-order valence-electron chi connectivity index (χ3n) is 3.46. The predicted molar refractivity (Wildman–Crippen MR) is 102 cm³/mol. The quantitative estimate of drug-likeness (QED) is 0.767. The molecule has 0 spiro atoms. The van der Waals surface area contributed by atoms with E-state index < -0.39 is 17.0 Å². The number of nitrogens with one attached hydrogen (secondary N) is 1. The molecule has 0 aliphatic carbocycles. The van der Waals surface area contributed by atoms with Crippen molar-refractivity contribution in [1.29, 1.82) is 0 Å². The first-order chi connectivity index (χ1) is 12.6. The Morgan fingerprint density at radius 2 is 2.27 bits per heavy atom. The van der Waals surface area contributed by atoms with Gasteiger partial charge in [0.05, 0.1) is 5.69 Å². The highest BCUT2D eigenvalue weighted by Gasteiger charge is 2.38. The molecule has 2 heterocycles. The van der Waals surface area contributed by atoms with E-state index in [9.17, 15) is 14.0 Å². The highest BCUT2D eigenvalue weighted by Crippen LogP contribution is 2.32. The van der Waals surface area contributed by atoms with Gasteiger partial charge in [0.15, 0.2) is 5.17 Å². The standard InChI is InChI=1S/C17H15FN4O2S2/c1-2-8-22-15(24)13(26-17(22)21-16-19-7-9-25-16)10-14(23)20-12-6-4-3-5-11(12)18/h2-7,9,13H,1,8,10H2,(H,20,23)/t13-/m0/s1. The molecule has 1 aromatic heterocycles. The van der Waals surface area contributed by atoms with Crippen molar-refractivity contribution in [3.63, 3.8) is 0 Å². The second-order valence-corrected chi connectivity index (χ2v) is 7.33. The van der Waals surface area contributed by atoms with Gasteiger partial charge in [-0.25, -0.2) is 9.37 Å². The van der Waals surface area contributed by atoms with Gasteiger partial charge in [0.25, 0.3) is 0 Å².